The molecule has 1 N–H and O–H groups in total. The monoisotopic (exact) mass is 343 g/mol. The molecule has 1 aliphatic rings. The van der Waals surface area contributed by atoms with Crippen molar-refractivity contribution < 1.29 is 4.92 Å². The van der Waals surface area contributed by atoms with Crippen molar-refractivity contribution in [1.29, 1.82) is 0 Å². The number of nitrogens with one attached hydrogen (secondary N) is 1. The lowest BCUT2D eigenvalue weighted by molar-refractivity contribution is -0.387. The topological polar surface area (TPSA) is 58.4 Å². The van der Waals surface area contributed by atoms with Crippen LogP contribution in [0.3, 0.4) is 0 Å². The summed E-state index contributed by atoms with van der Waals surface area (Å²) in [7, 11) is 0. The minimum atomic E-state index is -0.345. The largest absolute Gasteiger partial charge is 0.372 e. The third-order valence-electron chi connectivity index (χ3n) is 4.26. The van der Waals surface area contributed by atoms with Crippen molar-refractivity contribution in [2.75, 3.05) is 18.0 Å². The molecule has 0 saturated carbocycles. The molecule has 5 nitrogen and oxygen atoms in total. The van der Waals surface area contributed by atoms with E-state index in [4.69, 9.17) is 0 Å². The summed E-state index contributed by atoms with van der Waals surface area (Å²) >= 11 is 1.31. The quantitative estimate of drug-likeness (QED) is 0.485. The first-order valence-electron chi connectivity index (χ1n) is 8.19. The van der Waals surface area contributed by atoms with Crippen LogP contribution in [0.1, 0.15) is 24.5 Å². The van der Waals surface area contributed by atoms with Crippen LogP contribution in [0.25, 0.3) is 0 Å². The summed E-state index contributed by atoms with van der Waals surface area (Å²) in [6, 6.07) is 13.4. The zero-order valence-electron chi connectivity index (χ0n) is 13.7. The minimum absolute atomic E-state index is 0.138. The third kappa shape index (κ3) is 3.71. The van der Waals surface area contributed by atoms with E-state index < -0.39 is 0 Å². The second kappa shape index (κ2) is 7.68. The van der Waals surface area contributed by atoms with Gasteiger partial charge in [0.15, 0.2) is 0 Å². The fourth-order valence-corrected chi connectivity index (χ4v) is 3.85. The molecule has 1 heterocycles. The summed E-state index contributed by atoms with van der Waals surface area (Å²) in [5, 5.41) is 11.0. The Morgan fingerprint density at radius 2 is 2.12 bits per heavy atom. The average Bonchev–Trinajstić information content (AvgIpc) is 2.61. The highest BCUT2D eigenvalue weighted by Crippen LogP contribution is 2.29. The summed E-state index contributed by atoms with van der Waals surface area (Å²) in [6.07, 6.45) is 2.32. The molecule has 0 aliphatic carbocycles. The highest BCUT2D eigenvalue weighted by Gasteiger charge is 2.16. The van der Waals surface area contributed by atoms with Crippen LogP contribution in [0.4, 0.5) is 11.4 Å². The Kier molecular flexibility index (Phi) is 5.37. The van der Waals surface area contributed by atoms with E-state index in [2.05, 4.69) is 34.7 Å². The van der Waals surface area contributed by atoms with Crippen LogP contribution in [0.2, 0.25) is 0 Å². The van der Waals surface area contributed by atoms with E-state index in [0.29, 0.717) is 11.4 Å². The molecule has 0 atom stereocenters. The molecule has 0 saturated heterocycles. The maximum Gasteiger partial charge on any atom is 0.284 e. The van der Waals surface area contributed by atoms with Gasteiger partial charge in [0.2, 0.25) is 0 Å². The maximum atomic E-state index is 11.0. The van der Waals surface area contributed by atoms with Crippen molar-refractivity contribution in [2.45, 2.75) is 31.2 Å². The molecule has 3 rings (SSSR count). The normalized spacial score (nSPS) is 13.6. The minimum Gasteiger partial charge on any atom is -0.372 e. The summed E-state index contributed by atoms with van der Waals surface area (Å²) in [5.74, 6) is 0. The Morgan fingerprint density at radius 1 is 1.29 bits per heavy atom. The molecule has 6 heteroatoms. The van der Waals surface area contributed by atoms with E-state index in [0.717, 1.165) is 19.5 Å². The number of rotatable bonds is 6. The highest BCUT2D eigenvalue weighted by atomic mass is 32.2. The van der Waals surface area contributed by atoms with Crippen LogP contribution in [-0.2, 0) is 13.0 Å². The molecule has 1 aliphatic heterocycles. The lowest BCUT2D eigenvalue weighted by Crippen LogP contribution is -2.29. The van der Waals surface area contributed by atoms with Gasteiger partial charge in [0.05, 0.1) is 4.92 Å². The van der Waals surface area contributed by atoms with Gasteiger partial charge < -0.3 is 4.90 Å². The van der Waals surface area contributed by atoms with Crippen molar-refractivity contribution in [1.82, 2.24) is 4.72 Å². The fraction of sp³-hybridized carbons (Fsp3) is 0.333. The zero-order valence-corrected chi connectivity index (χ0v) is 14.5. The summed E-state index contributed by atoms with van der Waals surface area (Å²) in [6.45, 7) is 5.04. The van der Waals surface area contributed by atoms with Crippen molar-refractivity contribution in [3.05, 3.63) is 63.7 Å². The lowest BCUT2D eigenvalue weighted by Gasteiger charge is -2.30. The van der Waals surface area contributed by atoms with E-state index in [-0.39, 0.29) is 10.6 Å². The van der Waals surface area contributed by atoms with E-state index in [9.17, 15) is 10.1 Å². The van der Waals surface area contributed by atoms with Crippen molar-refractivity contribution in [2.24, 2.45) is 0 Å². The Hall–Kier alpha value is -2.05. The standard InChI is InChI=1S/C18H21N3O2S/c1-2-20-11-5-6-15-12-14(9-10-16(15)20)13-19-24-18-8-4-3-7-17(18)21(22)23/h3-4,7-10,12,19H,2,5-6,11,13H2,1H3. The van der Waals surface area contributed by atoms with Crippen LogP contribution < -0.4 is 9.62 Å². The van der Waals surface area contributed by atoms with Gasteiger partial charge in [-0.1, -0.05) is 24.3 Å². The molecule has 24 heavy (non-hydrogen) atoms. The van der Waals surface area contributed by atoms with Crippen molar-refractivity contribution in [3.8, 4) is 0 Å². The molecule has 0 amide bonds. The van der Waals surface area contributed by atoms with Crippen LogP contribution >= 0.6 is 11.9 Å². The first-order valence-corrected chi connectivity index (χ1v) is 9.00. The molecule has 0 unspecified atom stereocenters. The van der Waals surface area contributed by atoms with Gasteiger partial charge in [-0.15, -0.1) is 0 Å². The van der Waals surface area contributed by atoms with Gasteiger partial charge in [-0.05, 0) is 55.0 Å². The molecule has 2 aromatic rings. The molecule has 2 aromatic carbocycles. The first-order chi connectivity index (χ1) is 11.7. The second-order valence-corrected chi connectivity index (χ2v) is 6.73. The van der Waals surface area contributed by atoms with Gasteiger partial charge in [0.25, 0.3) is 5.69 Å². The number of nitro groups is 1. The molecule has 0 aromatic heterocycles. The van der Waals surface area contributed by atoms with Crippen molar-refractivity contribution in [3.63, 3.8) is 0 Å². The number of hydrogen-bond acceptors (Lipinski definition) is 5. The van der Waals surface area contributed by atoms with Crippen LogP contribution in [0, 0.1) is 10.1 Å². The van der Waals surface area contributed by atoms with Crippen LogP contribution in [0.5, 0.6) is 0 Å². The lowest BCUT2D eigenvalue weighted by atomic mass is 9.99. The first kappa shape index (κ1) is 16.8. The van der Waals surface area contributed by atoms with E-state index >= 15 is 0 Å². The summed E-state index contributed by atoms with van der Waals surface area (Å²) < 4.78 is 3.24. The van der Waals surface area contributed by atoms with E-state index in [1.807, 2.05) is 6.07 Å². The maximum absolute atomic E-state index is 11.0. The van der Waals surface area contributed by atoms with E-state index in [1.54, 1.807) is 12.1 Å². The van der Waals surface area contributed by atoms with Crippen LogP contribution in [0.15, 0.2) is 47.4 Å². The Morgan fingerprint density at radius 3 is 2.92 bits per heavy atom. The number of fused-ring (bicyclic) bond motifs is 1. The van der Waals surface area contributed by atoms with Gasteiger partial charge in [-0.25, -0.2) is 0 Å². The number of hydrogen-bond donors (Lipinski definition) is 1. The Labute approximate surface area is 146 Å². The molecular formula is C18H21N3O2S. The zero-order chi connectivity index (χ0) is 16.9. The molecular weight excluding hydrogens is 322 g/mol. The Bertz CT molecular complexity index is 736. The van der Waals surface area contributed by atoms with Crippen LogP contribution in [-0.4, -0.2) is 18.0 Å². The summed E-state index contributed by atoms with van der Waals surface area (Å²) in [5.41, 5.74) is 4.09. The second-order valence-electron chi connectivity index (χ2n) is 5.79. The number of nitro benzene ring substituents is 1. The predicted molar refractivity (Wildman–Crippen MR) is 98.4 cm³/mol. The predicted octanol–water partition coefficient (Wildman–Crippen LogP) is 4.16. The number of para-hydroxylation sites is 1. The molecule has 126 valence electrons. The highest BCUT2D eigenvalue weighted by molar-refractivity contribution is 7.97. The summed E-state index contributed by atoms with van der Waals surface area (Å²) in [4.78, 5) is 13.7. The molecule has 0 radical (unpaired) electrons. The molecule has 0 bridgehead atoms. The SMILES string of the molecule is CCN1CCCc2cc(CNSc3ccccc3[N+](=O)[O-])ccc21. The number of anilines is 1. The van der Waals surface area contributed by atoms with Gasteiger partial charge >= 0.3 is 0 Å². The fourth-order valence-electron chi connectivity index (χ4n) is 3.06. The average molecular weight is 343 g/mol. The molecule has 0 spiro atoms. The third-order valence-corrected chi connectivity index (χ3v) is 5.11. The van der Waals surface area contributed by atoms with Gasteiger partial charge in [0, 0.05) is 31.4 Å². The van der Waals surface area contributed by atoms with Gasteiger partial charge in [-0.2, -0.15) is 0 Å². The van der Waals surface area contributed by atoms with Crippen molar-refractivity contribution >= 4 is 23.3 Å². The Balaban J connectivity index is 1.65. The number of benzene rings is 2. The smallest absolute Gasteiger partial charge is 0.284 e. The van der Waals surface area contributed by atoms with Gasteiger partial charge in [0.1, 0.15) is 4.90 Å². The number of nitrogens with zero attached hydrogens (tertiary/aromatic N) is 2. The van der Waals surface area contributed by atoms with Gasteiger partial charge in [-0.3, -0.25) is 14.8 Å². The number of aryl methyl sites for hydroxylation is 1. The molecule has 0 fully saturated rings. The van der Waals surface area contributed by atoms with E-state index in [1.165, 1.54) is 41.2 Å².